The van der Waals surface area contributed by atoms with E-state index in [1.807, 2.05) is 0 Å². The van der Waals surface area contributed by atoms with Crippen LogP contribution in [0.3, 0.4) is 0 Å². The molecule has 26 heavy (non-hydrogen) atoms. The lowest BCUT2D eigenvalue weighted by molar-refractivity contribution is 0.239. The van der Waals surface area contributed by atoms with Crippen LogP contribution in [0.25, 0.3) is 16.6 Å². The molecule has 0 atom stereocenters. The van der Waals surface area contributed by atoms with Gasteiger partial charge in [0.2, 0.25) is 0 Å². The lowest BCUT2D eigenvalue weighted by Gasteiger charge is -2.14. The van der Waals surface area contributed by atoms with Gasteiger partial charge in [-0.05, 0) is 49.2 Å². The standard InChI is InChI=1S/C19H17FN4O2/c20-12-5-9-14(10-6-12)24-17(11-21-19(26)22-13-7-8-13)23-16-4-2-1-3-15(16)18(24)25/h1-6,9-10,13H,7-8,11H2,(H2,21,22,26). The van der Waals surface area contributed by atoms with Gasteiger partial charge < -0.3 is 10.6 Å². The summed E-state index contributed by atoms with van der Waals surface area (Å²) in [6, 6.07) is 12.6. The van der Waals surface area contributed by atoms with Gasteiger partial charge >= 0.3 is 6.03 Å². The topological polar surface area (TPSA) is 76.0 Å². The van der Waals surface area contributed by atoms with Crippen LogP contribution in [0.4, 0.5) is 9.18 Å². The van der Waals surface area contributed by atoms with Crippen molar-refractivity contribution in [2.75, 3.05) is 0 Å². The quantitative estimate of drug-likeness (QED) is 0.757. The zero-order valence-corrected chi connectivity index (χ0v) is 13.9. The lowest BCUT2D eigenvalue weighted by Crippen LogP contribution is -2.38. The summed E-state index contributed by atoms with van der Waals surface area (Å²) in [5.74, 6) is -0.00899. The molecular formula is C19H17FN4O2. The second kappa shape index (κ2) is 6.59. The molecule has 0 saturated heterocycles. The van der Waals surface area contributed by atoms with Crippen LogP contribution in [0.15, 0.2) is 53.3 Å². The summed E-state index contributed by atoms with van der Waals surface area (Å²) in [4.78, 5) is 29.4. The Morgan fingerprint density at radius 1 is 1.15 bits per heavy atom. The molecule has 0 unspecified atom stereocenters. The number of carbonyl (C=O) groups excluding carboxylic acids is 1. The van der Waals surface area contributed by atoms with E-state index in [0.29, 0.717) is 22.4 Å². The molecule has 1 aromatic heterocycles. The van der Waals surface area contributed by atoms with Gasteiger partial charge in [0.05, 0.1) is 23.1 Å². The van der Waals surface area contributed by atoms with E-state index in [9.17, 15) is 14.0 Å². The number of benzene rings is 2. The van der Waals surface area contributed by atoms with E-state index in [2.05, 4.69) is 15.6 Å². The minimum atomic E-state index is -0.390. The molecule has 0 aliphatic heterocycles. The fourth-order valence-corrected chi connectivity index (χ4v) is 2.78. The summed E-state index contributed by atoms with van der Waals surface area (Å²) in [5, 5.41) is 6.03. The second-order valence-corrected chi connectivity index (χ2v) is 6.26. The zero-order valence-electron chi connectivity index (χ0n) is 13.9. The molecule has 1 fully saturated rings. The number of nitrogens with zero attached hydrogens (tertiary/aromatic N) is 2. The van der Waals surface area contributed by atoms with Crippen LogP contribution in [0.2, 0.25) is 0 Å². The molecule has 2 amide bonds. The number of fused-ring (bicyclic) bond motifs is 1. The molecule has 0 spiro atoms. The Kier molecular flexibility index (Phi) is 4.12. The van der Waals surface area contributed by atoms with E-state index in [4.69, 9.17) is 0 Å². The van der Waals surface area contributed by atoms with Gasteiger partial charge in [-0.2, -0.15) is 0 Å². The highest BCUT2D eigenvalue weighted by atomic mass is 19.1. The number of hydrogen-bond donors (Lipinski definition) is 2. The molecule has 2 N–H and O–H groups in total. The first-order valence-corrected chi connectivity index (χ1v) is 8.43. The third-order valence-electron chi connectivity index (χ3n) is 4.25. The van der Waals surface area contributed by atoms with Crippen LogP contribution in [0.1, 0.15) is 18.7 Å². The first-order valence-electron chi connectivity index (χ1n) is 8.43. The van der Waals surface area contributed by atoms with Crippen molar-refractivity contribution in [3.63, 3.8) is 0 Å². The molecule has 2 aromatic carbocycles. The third-order valence-corrected chi connectivity index (χ3v) is 4.25. The van der Waals surface area contributed by atoms with Crippen molar-refractivity contribution in [1.29, 1.82) is 0 Å². The van der Waals surface area contributed by atoms with Crippen LogP contribution >= 0.6 is 0 Å². The van der Waals surface area contributed by atoms with Crippen molar-refractivity contribution >= 4 is 16.9 Å². The average Bonchev–Trinajstić information content (AvgIpc) is 3.45. The van der Waals surface area contributed by atoms with Crippen LogP contribution in [0, 0.1) is 5.82 Å². The number of rotatable bonds is 4. The molecule has 132 valence electrons. The van der Waals surface area contributed by atoms with Crippen LogP contribution in [0.5, 0.6) is 0 Å². The summed E-state index contributed by atoms with van der Waals surface area (Å²) in [7, 11) is 0. The van der Waals surface area contributed by atoms with Crippen molar-refractivity contribution < 1.29 is 9.18 Å². The highest BCUT2D eigenvalue weighted by Gasteiger charge is 2.23. The largest absolute Gasteiger partial charge is 0.335 e. The van der Waals surface area contributed by atoms with Gasteiger partial charge in [-0.25, -0.2) is 14.2 Å². The molecule has 1 saturated carbocycles. The third kappa shape index (κ3) is 3.28. The Balaban J connectivity index is 1.75. The minimum absolute atomic E-state index is 0.0794. The number of halogens is 1. The number of aromatic nitrogens is 2. The average molecular weight is 352 g/mol. The Labute approximate surface area is 148 Å². The maximum atomic E-state index is 13.3. The first-order chi connectivity index (χ1) is 12.6. The summed E-state index contributed by atoms with van der Waals surface area (Å²) in [6.45, 7) is 0.0794. The smallest absolute Gasteiger partial charge is 0.315 e. The Bertz CT molecular complexity index is 1030. The molecular weight excluding hydrogens is 335 g/mol. The van der Waals surface area contributed by atoms with Crippen molar-refractivity contribution in [2.24, 2.45) is 0 Å². The van der Waals surface area contributed by atoms with Gasteiger partial charge in [-0.3, -0.25) is 9.36 Å². The number of para-hydroxylation sites is 1. The number of nitrogens with one attached hydrogen (secondary N) is 2. The van der Waals surface area contributed by atoms with Crippen molar-refractivity contribution in [3.8, 4) is 5.69 Å². The molecule has 6 nitrogen and oxygen atoms in total. The van der Waals surface area contributed by atoms with Gasteiger partial charge in [0.25, 0.3) is 5.56 Å². The Hall–Kier alpha value is -3.22. The van der Waals surface area contributed by atoms with Gasteiger partial charge in [0.1, 0.15) is 11.6 Å². The Morgan fingerprint density at radius 2 is 1.88 bits per heavy atom. The van der Waals surface area contributed by atoms with Gasteiger partial charge in [0, 0.05) is 6.04 Å². The molecule has 1 aliphatic carbocycles. The number of urea groups is 1. The molecule has 4 rings (SSSR count). The lowest BCUT2D eigenvalue weighted by atomic mass is 10.2. The predicted octanol–water partition coefficient (Wildman–Crippen LogP) is 2.49. The number of carbonyl (C=O) groups is 1. The molecule has 1 heterocycles. The summed E-state index contributed by atoms with van der Waals surface area (Å²) < 4.78 is 14.7. The Morgan fingerprint density at radius 3 is 2.62 bits per heavy atom. The minimum Gasteiger partial charge on any atom is -0.335 e. The molecule has 7 heteroatoms. The molecule has 0 radical (unpaired) electrons. The van der Waals surface area contributed by atoms with Crippen LogP contribution < -0.4 is 16.2 Å². The normalized spacial score (nSPS) is 13.6. The van der Waals surface area contributed by atoms with E-state index < -0.39 is 0 Å². The summed E-state index contributed by atoms with van der Waals surface area (Å²) in [6.07, 6.45) is 1.98. The van der Waals surface area contributed by atoms with Crippen molar-refractivity contribution in [1.82, 2.24) is 20.2 Å². The molecule has 1 aliphatic rings. The summed E-state index contributed by atoms with van der Waals surface area (Å²) in [5.41, 5.74) is 0.783. The zero-order chi connectivity index (χ0) is 18.1. The highest BCUT2D eigenvalue weighted by Crippen LogP contribution is 2.18. The van der Waals surface area contributed by atoms with E-state index in [1.54, 1.807) is 24.3 Å². The number of amides is 2. The molecule has 0 bridgehead atoms. The number of hydrogen-bond acceptors (Lipinski definition) is 3. The van der Waals surface area contributed by atoms with Crippen LogP contribution in [-0.4, -0.2) is 21.6 Å². The fraction of sp³-hybridized carbons (Fsp3) is 0.211. The maximum absolute atomic E-state index is 13.3. The van der Waals surface area contributed by atoms with E-state index in [-0.39, 0.29) is 30.0 Å². The summed E-state index contributed by atoms with van der Waals surface area (Å²) >= 11 is 0. The predicted molar refractivity (Wildman–Crippen MR) is 95.7 cm³/mol. The highest BCUT2D eigenvalue weighted by molar-refractivity contribution is 5.78. The monoisotopic (exact) mass is 352 g/mol. The maximum Gasteiger partial charge on any atom is 0.315 e. The fourth-order valence-electron chi connectivity index (χ4n) is 2.78. The van der Waals surface area contributed by atoms with Crippen molar-refractivity contribution in [2.45, 2.75) is 25.4 Å². The SMILES string of the molecule is O=C(NCc1nc2ccccc2c(=O)n1-c1ccc(F)cc1)NC1CC1. The van der Waals surface area contributed by atoms with Crippen LogP contribution in [-0.2, 0) is 6.54 Å². The van der Waals surface area contributed by atoms with Gasteiger partial charge in [-0.15, -0.1) is 0 Å². The molecule has 3 aromatic rings. The second-order valence-electron chi connectivity index (χ2n) is 6.26. The van der Waals surface area contributed by atoms with E-state index in [0.717, 1.165) is 12.8 Å². The van der Waals surface area contributed by atoms with Gasteiger partial charge in [0.15, 0.2) is 0 Å². The van der Waals surface area contributed by atoms with E-state index in [1.165, 1.54) is 28.8 Å². The first kappa shape index (κ1) is 16.3. The van der Waals surface area contributed by atoms with Gasteiger partial charge in [-0.1, -0.05) is 12.1 Å². The van der Waals surface area contributed by atoms with E-state index >= 15 is 0 Å². The van der Waals surface area contributed by atoms with Crippen molar-refractivity contribution in [3.05, 3.63) is 70.5 Å².